The van der Waals surface area contributed by atoms with E-state index in [1.54, 1.807) is 11.6 Å². The van der Waals surface area contributed by atoms with Crippen LogP contribution in [0, 0.1) is 5.92 Å². The predicted octanol–water partition coefficient (Wildman–Crippen LogP) is 9.54. The molecule has 0 amide bonds. The molecule has 0 radical (unpaired) electrons. The van der Waals surface area contributed by atoms with Crippen LogP contribution in [-0.2, 0) is 5.41 Å². The first kappa shape index (κ1) is 23.9. The third-order valence-electron chi connectivity index (χ3n) is 7.74. The van der Waals surface area contributed by atoms with Gasteiger partial charge < -0.3 is 4.90 Å². The van der Waals surface area contributed by atoms with E-state index in [0.717, 1.165) is 28.9 Å². The van der Waals surface area contributed by atoms with Gasteiger partial charge in [0.1, 0.15) is 0 Å². The van der Waals surface area contributed by atoms with Crippen LogP contribution >= 0.6 is 0 Å². The summed E-state index contributed by atoms with van der Waals surface area (Å²) in [5.41, 5.74) is 12.7. The number of hydrogen-bond acceptors (Lipinski definition) is 1. The summed E-state index contributed by atoms with van der Waals surface area (Å²) < 4.78 is 0. The highest BCUT2D eigenvalue weighted by atomic mass is 15.1. The zero-order valence-electron chi connectivity index (χ0n) is 21.9. The van der Waals surface area contributed by atoms with Crippen molar-refractivity contribution >= 4 is 16.8 Å². The largest absolute Gasteiger partial charge is 0.317 e. The van der Waals surface area contributed by atoms with Crippen LogP contribution in [0.15, 0.2) is 122 Å². The Labute approximate surface area is 216 Å². The second-order valence-electron chi connectivity index (χ2n) is 10.5. The van der Waals surface area contributed by atoms with E-state index in [1.807, 2.05) is 6.08 Å². The van der Waals surface area contributed by atoms with E-state index >= 15 is 0 Å². The van der Waals surface area contributed by atoms with Gasteiger partial charge in [0, 0.05) is 22.9 Å². The molecule has 1 unspecified atom stereocenters. The van der Waals surface area contributed by atoms with Crippen LogP contribution in [0.2, 0.25) is 0 Å². The number of allylic oxidation sites excluding steroid dienone is 12. The fourth-order valence-electron chi connectivity index (χ4n) is 5.71. The molecule has 2 aliphatic carbocycles. The Bertz CT molecular complexity index is 1430. The van der Waals surface area contributed by atoms with E-state index in [0.29, 0.717) is 5.92 Å². The minimum Gasteiger partial charge on any atom is -0.317 e. The predicted molar refractivity (Wildman–Crippen MR) is 158 cm³/mol. The number of fused-ring (bicyclic) bond motifs is 3. The highest BCUT2D eigenvalue weighted by Crippen LogP contribution is 2.51. The number of benzene rings is 2. The van der Waals surface area contributed by atoms with Gasteiger partial charge in [0.2, 0.25) is 0 Å². The summed E-state index contributed by atoms with van der Waals surface area (Å²) in [4.78, 5) is 2.21. The van der Waals surface area contributed by atoms with Crippen molar-refractivity contribution < 1.29 is 0 Å². The molecule has 2 aromatic carbocycles. The molecular weight excluding hydrogens is 434 g/mol. The molecule has 180 valence electrons. The second-order valence-corrected chi connectivity index (χ2v) is 10.5. The molecular formula is C35H35N. The van der Waals surface area contributed by atoms with Gasteiger partial charge in [-0.3, -0.25) is 0 Å². The van der Waals surface area contributed by atoms with E-state index in [-0.39, 0.29) is 5.41 Å². The van der Waals surface area contributed by atoms with E-state index in [9.17, 15) is 0 Å². The first-order valence-corrected chi connectivity index (χ1v) is 12.8. The van der Waals surface area contributed by atoms with Gasteiger partial charge in [-0.05, 0) is 83.0 Å². The Hall–Kier alpha value is -3.84. The van der Waals surface area contributed by atoms with Crippen LogP contribution in [0.1, 0.15) is 50.8 Å². The molecule has 36 heavy (non-hydrogen) atoms. The molecule has 3 aliphatic rings. The minimum atomic E-state index is 0.0511. The minimum absolute atomic E-state index is 0.0511. The normalized spacial score (nSPS) is 22.1. The molecule has 1 heteroatoms. The molecule has 0 fully saturated rings. The third-order valence-corrected chi connectivity index (χ3v) is 7.74. The van der Waals surface area contributed by atoms with Gasteiger partial charge in [-0.1, -0.05) is 100 Å². The molecule has 0 N–H and O–H groups in total. The maximum Gasteiger partial charge on any atom is 0.0533 e. The van der Waals surface area contributed by atoms with Crippen molar-refractivity contribution in [1.82, 2.24) is 0 Å². The van der Waals surface area contributed by atoms with Gasteiger partial charge >= 0.3 is 0 Å². The lowest BCUT2D eigenvalue weighted by Crippen LogP contribution is -2.19. The molecule has 0 spiro atoms. The van der Waals surface area contributed by atoms with E-state index in [1.165, 1.54) is 27.8 Å². The zero-order chi connectivity index (χ0) is 25.4. The zero-order valence-corrected chi connectivity index (χ0v) is 21.9. The SMILES string of the molecule is C=C/C=C\C(=C/C)N1/C=C\C=C/C(=C)c2cc(-c3ccc4c(c3)C(C)(C)C3=C4C=CC(C)C3)ccc21. The molecule has 0 aromatic heterocycles. The fraction of sp³-hybridized carbons (Fsp3) is 0.200. The molecule has 1 nitrogen and oxygen atoms in total. The number of hydrogen-bond donors (Lipinski definition) is 0. The van der Waals surface area contributed by atoms with Gasteiger partial charge in [-0.15, -0.1) is 0 Å². The number of anilines is 1. The number of nitrogens with zero attached hydrogens (tertiary/aromatic N) is 1. The van der Waals surface area contributed by atoms with E-state index < -0.39 is 0 Å². The standard InChI is InChI=1S/C35H35N/c1-7-9-13-28(8-2)36-20-11-10-12-25(4)31-22-26(16-19-34(31)36)27-15-18-30-29-17-14-24(3)21-32(29)35(5,6)33(30)23-27/h7-20,22-24H,1,4,21H2,2-3,5-6H3/b12-10-,13-9-,20-11-,28-8+. The van der Waals surface area contributed by atoms with Crippen LogP contribution in [0.4, 0.5) is 5.69 Å². The number of rotatable bonds is 4. The first-order valence-electron chi connectivity index (χ1n) is 12.8. The Morgan fingerprint density at radius 3 is 2.58 bits per heavy atom. The van der Waals surface area contributed by atoms with Gasteiger partial charge in [-0.2, -0.15) is 0 Å². The van der Waals surface area contributed by atoms with Gasteiger partial charge in [0.05, 0.1) is 5.69 Å². The summed E-state index contributed by atoms with van der Waals surface area (Å²) in [5, 5.41) is 0. The van der Waals surface area contributed by atoms with Crippen LogP contribution in [0.25, 0.3) is 22.3 Å². The Balaban J connectivity index is 1.59. The maximum atomic E-state index is 4.40. The van der Waals surface area contributed by atoms with Crippen molar-refractivity contribution in [2.75, 3.05) is 4.90 Å². The summed E-state index contributed by atoms with van der Waals surface area (Å²) >= 11 is 0. The lowest BCUT2D eigenvalue weighted by atomic mass is 9.76. The highest BCUT2D eigenvalue weighted by Gasteiger charge is 2.38. The molecule has 5 rings (SSSR count). The Morgan fingerprint density at radius 1 is 1.03 bits per heavy atom. The van der Waals surface area contributed by atoms with Gasteiger partial charge in [-0.25, -0.2) is 0 Å². The molecule has 0 bridgehead atoms. The maximum absolute atomic E-state index is 4.40. The molecule has 2 aromatic rings. The van der Waals surface area contributed by atoms with Crippen molar-refractivity contribution in [3.05, 3.63) is 138 Å². The lowest BCUT2D eigenvalue weighted by Gasteiger charge is -2.28. The lowest BCUT2D eigenvalue weighted by molar-refractivity contribution is 0.566. The van der Waals surface area contributed by atoms with Crippen molar-refractivity contribution in [2.45, 2.75) is 39.5 Å². The van der Waals surface area contributed by atoms with Crippen molar-refractivity contribution in [3.8, 4) is 11.1 Å². The average Bonchev–Trinajstić information content (AvgIpc) is 3.09. The molecule has 0 saturated heterocycles. The first-order chi connectivity index (χ1) is 17.3. The van der Waals surface area contributed by atoms with Crippen molar-refractivity contribution in [1.29, 1.82) is 0 Å². The van der Waals surface area contributed by atoms with Crippen LogP contribution in [0.5, 0.6) is 0 Å². The molecule has 1 heterocycles. The Kier molecular flexibility index (Phi) is 6.18. The van der Waals surface area contributed by atoms with Crippen LogP contribution < -0.4 is 4.90 Å². The van der Waals surface area contributed by atoms with E-state index in [4.69, 9.17) is 0 Å². The van der Waals surface area contributed by atoms with Crippen molar-refractivity contribution in [3.63, 3.8) is 0 Å². The highest BCUT2D eigenvalue weighted by molar-refractivity contribution is 5.90. The van der Waals surface area contributed by atoms with Crippen LogP contribution in [0.3, 0.4) is 0 Å². The average molecular weight is 470 g/mol. The molecule has 1 atom stereocenters. The molecule has 1 aliphatic heterocycles. The van der Waals surface area contributed by atoms with Crippen molar-refractivity contribution in [2.24, 2.45) is 5.92 Å². The molecule has 0 saturated carbocycles. The van der Waals surface area contributed by atoms with Gasteiger partial charge in [0.15, 0.2) is 0 Å². The third kappa shape index (κ3) is 3.99. The fourth-order valence-corrected chi connectivity index (χ4v) is 5.71. The summed E-state index contributed by atoms with van der Waals surface area (Å²) in [6.07, 6.45) is 22.1. The summed E-state index contributed by atoms with van der Waals surface area (Å²) in [6.45, 7) is 17.4. The second kappa shape index (κ2) is 9.32. The van der Waals surface area contributed by atoms with Gasteiger partial charge in [0.25, 0.3) is 0 Å². The summed E-state index contributed by atoms with van der Waals surface area (Å²) in [5.74, 6) is 0.602. The monoisotopic (exact) mass is 469 g/mol. The quantitative estimate of drug-likeness (QED) is 0.403. The van der Waals surface area contributed by atoms with Crippen LogP contribution in [-0.4, -0.2) is 0 Å². The summed E-state index contributed by atoms with van der Waals surface area (Å²) in [7, 11) is 0. The van der Waals surface area contributed by atoms with E-state index in [2.05, 4.69) is 131 Å². The topological polar surface area (TPSA) is 3.24 Å². The summed E-state index contributed by atoms with van der Waals surface area (Å²) in [6, 6.07) is 13.8. The smallest absolute Gasteiger partial charge is 0.0533 e. The Morgan fingerprint density at radius 2 is 1.81 bits per heavy atom.